The first-order chi connectivity index (χ1) is 13.8. The minimum Gasteiger partial charge on any atom is -0.265 e. The van der Waals surface area contributed by atoms with Crippen molar-refractivity contribution < 1.29 is 14.2 Å². The van der Waals surface area contributed by atoms with Gasteiger partial charge < -0.3 is 0 Å². The molecule has 0 spiro atoms. The van der Waals surface area contributed by atoms with Crippen LogP contribution in [0.25, 0.3) is 27.6 Å². The molecule has 0 radical (unpaired) electrons. The number of halogens is 3. The summed E-state index contributed by atoms with van der Waals surface area (Å²) in [6.45, 7) is 0. The number of hydrogen-bond donors (Lipinski definition) is 0. The van der Waals surface area contributed by atoms with Crippen LogP contribution < -0.4 is 0 Å². The molecule has 29 heavy (non-hydrogen) atoms. The molecule has 4 aromatic rings. The second-order valence-corrected chi connectivity index (χ2v) is 7.41. The van der Waals surface area contributed by atoms with E-state index in [0.29, 0.717) is 16.2 Å². The molecule has 9 nitrogen and oxygen atoms in total. The topological polar surface area (TPSA) is 116 Å². The maximum atomic E-state index is 14.0. The van der Waals surface area contributed by atoms with E-state index in [1.807, 2.05) is 0 Å². The van der Waals surface area contributed by atoms with Crippen LogP contribution in [-0.4, -0.2) is 24.4 Å². The molecule has 0 aliphatic carbocycles. The molecule has 0 saturated carbocycles. The van der Waals surface area contributed by atoms with Gasteiger partial charge in [-0.05, 0) is 12.1 Å². The summed E-state index contributed by atoms with van der Waals surface area (Å²) in [7, 11) is 0. The molecule has 0 saturated heterocycles. The third-order valence-corrected chi connectivity index (χ3v) is 5.44. The van der Waals surface area contributed by atoms with Crippen molar-refractivity contribution in [3.63, 3.8) is 0 Å². The van der Waals surface area contributed by atoms with Crippen LogP contribution >= 0.6 is 34.5 Å². The molecule has 2 heterocycles. The van der Waals surface area contributed by atoms with E-state index in [1.165, 1.54) is 21.8 Å². The van der Waals surface area contributed by atoms with Crippen LogP contribution in [0.5, 0.6) is 0 Å². The Bertz CT molecular complexity index is 1290. The number of benzene rings is 2. The highest BCUT2D eigenvalue weighted by Gasteiger charge is 2.23. The van der Waals surface area contributed by atoms with E-state index < -0.39 is 27.0 Å². The molecule has 0 aliphatic heterocycles. The summed E-state index contributed by atoms with van der Waals surface area (Å²) in [4.78, 5) is 21.3. The van der Waals surface area contributed by atoms with Crippen LogP contribution in [0.2, 0.25) is 10.0 Å². The quantitative estimate of drug-likeness (QED) is 0.232. The third kappa shape index (κ3) is 3.28. The van der Waals surface area contributed by atoms with Crippen LogP contribution in [0.3, 0.4) is 0 Å². The zero-order valence-corrected chi connectivity index (χ0v) is 16.2. The van der Waals surface area contributed by atoms with Gasteiger partial charge in [-0.2, -0.15) is 0 Å². The summed E-state index contributed by atoms with van der Waals surface area (Å²) in [5.41, 5.74) is -0.152. The minimum absolute atomic E-state index is 0.101. The van der Waals surface area contributed by atoms with E-state index in [-0.39, 0.29) is 21.4 Å². The molecule has 0 atom stereocenters. The van der Waals surface area contributed by atoms with E-state index in [2.05, 4.69) is 10.2 Å². The lowest BCUT2D eigenvalue weighted by Gasteiger charge is -2.07. The number of nitrogens with zero attached hydrogens (tertiary/aromatic N) is 5. The van der Waals surface area contributed by atoms with Crippen molar-refractivity contribution in [2.24, 2.45) is 0 Å². The summed E-state index contributed by atoms with van der Waals surface area (Å²) < 4.78 is 15.5. The van der Waals surface area contributed by atoms with Crippen LogP contribution in [-0.2, 0) is 0 Å². The lowest BCUT2D eigenvalue weighted by Crippen LogP contribution is -1.97. The van der Waals surface area contributed by atoms with Crippen LogP contribution in [0.15, 0.2) is 35.7 Å². The molecule has 0 N–H and O–H groups in total. The summed E-state index contributed by atoms with van der Waals surface area (Å²) in [5.74, 6) is -0.583. The number of nitro groups is 2. The fraction of sp³-hybridized carbons (Fsp3) is 0. The first kappa shape index (κ1) is 19.2. The number of hydrogen-bond acceptors (Lipinski definition) is 7. The van der Waals surface area contributed by atoms with E-state index in [1.54, 1.807) is 5.38 Å². The van der Waals surface area contributed by atoms with Crippen molar-refractivity contribution in [2.45, 2.75) is 0 Å². The Morgan fingerprint density at radius 3 is 2.24 bits per heavy atom. The van der Waals surface area contributed by atoms with Gasteiger partial charge in [0.15, 0.2) is 5.82 Å². The average molecular weight is 454 g/mol. The number of aromatic nitrogens is 3. The minimum atomic E-state index is -0.741. The molecule has 2 aromatic carbocycles. The van der Waals surface area contributed by atoms with Gasteiger partial charge in [-0.25, -0.2) is 4.39 Å². The van der Waals surface area contributed by atoms with Gasteiger partial charge in [-0.1, -0.05) is 23.2 Å². The van der Waals surface area contributed by atoms with Crippen molar-refractivity contribution in [2.75, 3.05) is 0 Å². The van der Waals surface area contributed by atoms with Gasteiger partial charge in [-0.15, -0.1) is 21.5 Å². The van der Waals surface area contributed by atoms with Gasteiger partial charge in [0, 0.05) is 28.6 Å². The molecule has 4 rings (SSSR count). The number of rotatable bonds is 4. The Labute approximate surface area is 174 Å². The molecule has 0 unspecified atom stereocenters. The molecule has 0 aliphatic rings. The van der Waals surface area contributed by atoms with E-state index in [9.17, 15) is 24.6 Å². The lowest BCUT2D eigenvalue weighted by molar-refractivity contribution is -0.394. The first-order valence-electron chi connectivity index (χ1n) is 7.68. The van der Waals surface area contributed by atoms with Gasteiger partial charge in [0.2, 0.25) is 4.96 Å². The standard InChI is InChI=1S/C16H6Cl2FN5O4S/c17-11-5-12(18)13(19)4-10(11)14-6-29-16-21-20-15(22(14)16)7-1-8(23(25)26)3-9(2-7)24(27)28/h1-6H. The number of non-ortho nitro benzene ring substituents is 2. The normalized spacial score (nSPS) is 11.1. The smallest absolute Gasteiger partial charge is 0.265 e. The SMILES string of the molecule is O=[N+]([O-])c1cc(-c2nnc3scc(-c4cc(F)c(Cl)cc4Cl)n23)cc([N+](=O)[O-])c1. The van der Waals surface area contributed by atoms with Crippen LogP contribution in [0.4, 0.5) is 15.8 Å². The first-order valence-corrected chi connectivity index (χ1v) is 9.31. The van der Waals surface area contributed by atoms with Crippen molar-refractivity contribution in [1.29, 1.82) is 0 Å². The van der Waals surface area contributed by atoms with Gasteiger partial charge in [-0.3, -0.25) is 24.6 Å². The Balaban J connectivity index is 1.99. The molecule has 2 aromatic heterocycles. The third-order valence-electron chi connectivity index (χ3n) is 4.02. The molecule has 13 heteroatoms. The maximum absolute atomic E-state index is 14.0. The van der Waals surface area contributed by atoms with Gasteiger partial charge >= 0.3 is 0 Å². The Morgan fingerprint density at radius 1 is 0.966 bits per heavy atom. The predicted octanol–water partition coefficient (Wildman–Crippen LogP) is 5.39. The van der Waals surface area contributed by atoms with E-state index in [0.717, 1.165) is 24.3 Å². The molecule has 146 valence electrons. The molecular formula is C16H6Cl2FN5O4S. The second-order valence-electron chi connectivity index (χ2n) is 5.76. The van der Waals surface area contributed by atoms with Crippen molar-refractivity contribution in [3.05, 3.63) is 71.8 Å². The monoisotopic (exact) mass is 453 g/mol. The fourth-order valence-corrected chi connectivity index (χ4v) is 4.06. The Morgan fingerprint density at radius 2 is 1.62 bits per heavy atom. The van der Waals surface area contributed by atoms with Gasteiger partial charge in [0.05, 0.1) is 31.7 Å². The van der Waals surface area contributed by atoms with Crippen molar-refractivity contribution >= 4 is 50.9 Å². The second kappa shape index (κ2) is 7.03. The maximum Gasteiger partial charge on any atom is 0.277 e. The van der Waals surface area contributed by atoms with Crippen LogP contribution in [0.1, 0.15) is 0 Å². The van der Waals surface area contributed by atoms with Crippen LogP contribution in [0, 0.1) is 26.0 Å². The molecular weight excluding hydrogens is 448 g/mol. The number of fused-ring (bicyclic) bond motifs is 1. The zero-order chi connectivity index (χ0) is 20.9. The summed E-state index contributed by atoms with van der Waals surface area (Å²) >= 11 is 13.1. The highest BCUT2D eigenvalue weighted by Crippen LogP contribution is 2.37. The lowest BCUT2D eigenvalue weighted by atomic mass is 10.1. The van der Waals surface area contributed by atoms with Gasteiger partial charge in [0.25, 0.3) is 11.4 Å². The van der Waals surface area contributed by atoms with Crippen molar-refractivity contribution in [3.8, 4) is 22.6 Å². The fourth-order valence-electron chi connectivity index (χ4n) is 2.75. The highest BCUT2D eigenvalue weighted by atomic mass is 35.5. The predicted molar refractivity (Wildman–Crippen MR) is 105 cm³/mol. The average Bonchev–Trinajstić information content (AvgIpc) is 3.26. The van der Waals surface area contributed by atoms with E-state index >= 15 is 0 Å². The summed E-state index contributed by atoms with van der Waals surface area (Å²) in [6, 6.07) is 5.54. The summed E-state index contributed by atoms with van der Waals surface area (Å²) in [6.07, 6.45) is 0. The zero-order valence-electron chi connectivity index (χ0n) is 13.9. The number of nitro benzene ring substituents is 2. The summed E-state index contributed by atoms with van der Waals surface area (Å²) in [5, 5.41) is 32.0. The molecule has 0 amide bonds. The van der Waals surface area contributed by atoms with Crippen molar-refractivity contribution in [1.82, 2.24) is 14.6 Å². The number of thiazole rings is 1. The molecule has 0 bridgehead atoms. The molecule has 0 fully saturated rings. The van der Waals surface area contributed by atoms with E-state index in [4.69, 9.17) is 23.2 Å². The van der Waals surface area contributed by atoms with Gasteiger partial charge in [0.1, 0.15) is 5.82 Å². The Kier molecular flexibility index (Phi) is 4.65. The Hall–Kier alpha value is -3.15. The highest BCUT2D eigenvalue weighted by molar-refractivity contribution is 7.15. The largest absolute Gasteiger partial charge is 0.277 e.